The minimum absolute atomic E-state index is 0.0219. The summed E-state index contributed by atoms with van der Waals surface area (Å²) in [5, 5.41) is 6.79. The van der Waals surface area contributed by atoms with Crippen molar-refractivity contribution < 1.29 is 14.1 Å². The molecule has 0 radical (unpaired) electrons. The third-order valence-electron chi connectivity index (χ3n) is 4.25. The van der Waals surface area contributed by atoms with Crippen molar-refractivity contribution in [2.45, 2.75) is 39.7 Å². The number of benzene rings is 1. The van der Waals surface area contributed by atoms with E-state index in [2.05, 4.69) is 15.5 Å². The maximum atomic E-state index is 12.6. The second kappa shape index (κ2) is 7.04. The number of anilines is 1. The van der Waals surface area contributed by atoms with Gasteiger partial charge in [-0.05, 0) is 25.0 Å². The normalized spacial score (nSPS) is 17.1. The van der Waals surface area contributed by atoms with Gasteiger partial charge in [0.25, 0.3) is 0 Å². The Morgan fingerprint density at radius 3 is 2.84 bits per heavy atom. The van der Waals surface area contributed by atoms with E-state index in [0.29, 0.717) is 30.4 Å². The smallest absolute Gasteiger partial charge is 0.247 e. The molecule has 7 nitrogen and oxygen atoms in total. The number of aryl methyl sites for hydroxylation is 1. The molecule has 2 heterocycles. The van der Waals surface area contributed by atoms with E-state index in [1.807, 2.05) is 26.0 Å². The Labute approximate surface area is 146 Å². The molecule has 1 aromatic heterocycles. The SMILES string of the molecule is Cc1nc(-c2cccc(NC(=O)C3CCCN3C(=O)C(C)C)c2)no1. The van der Waals surface area contributed by atoms with Crippen LogP contribution < -0.4 is 5.32 Å². The van der Waals surface area contributed by atoms with Crippen LogP contribution in [0.25, 0.3) is 11.4 Å². The summed E-state index contributed by atoms with van der Waals surface area (Å²) in [6.07, 6.45) is 1.53. The van der Waals surface area contributed by atoms with Gasteiger partial charge in [0, 0.05) is 30.6 Å². The predicted molar refractivity (Wildman–Crippen MR) is 92.7 cm³/mol. The summed E-state index contributed by atoms with van der Waals surface area (Å²) >= 11 is 0. The van der Waals surface area contributed by atoms with Crippen molar-refractivity contribution in [1.29, 1.82) is 0 Å². The summed E-state index contributed by atoms with van der Waals surface area (Å²) < 4.78 is 4.99. The zero-order chi connectivity index (χ0) is 18.0. The average Bonchev–Trinajstić information content (AvgIpc) is 3.23. The van der Waals surface area contributed by atoms with Crippen LogP contribution in [0.5, 0.6) is 0 Å². The van der Waals surface area contributed by atoms with E-state index in [4.69, 9.17) is 4.52 Å². The quantitative estimate of drug-likeness (QED) is 0.923. The van der Waals surface area contributed by atoms with E-state index in [-0.39, 0.29) is 17.7 Å². The lowest BCUT2D eigenvalue weighted by atomic mass is 10.1. The highest BCUT2D eigenvalue weighted by Crippen LogP contribution is 2.23. The first kappa shape index (κ1) is 17.1. The first-order chi connectivity index (χ1) is 12.0. The van der Waals surface area contributed by atoms with Crippen LogP contribution in [0.1, 0.15) is 32.6 Å². The molecule has 1 atom stereocenters. The summed E-state index contributed by atoms with van der Waals surface area (Å²) in [6.45, 7) is 6.07. The summed E-state index contributed by atoms with van der Waals surface area (Å²) in [6, 6.07) is 6.86. The second-order valence-corrected chi connectivity index (χ2v) is 6.55. The Kier molecular flexibility index (Phi) is 4.83. The van der Waals surface area contributed by atoms with E-state index >= 15 is 0 Å². The molecule has 3 rings (SSSR count). The van der Waals surface area contributed by atoms with Gasteiger partial charge in [0.1, 0.15) is 6.04 Å². The first-order valence-corrected chi connectivity index (χ1v) is 8.48. The number of likely N-dealkylation sites (tertiary alicyclic amines) is 1. The molecule has 1 saturated heterocycles. The monoisotopic (exact) mass is 342 g/mol. The fraction of sp³-hybridized carbons (Fsp3) is 0.444. The molecule has 2 amide bonds. The lowest BCUT2D eigenvalue weighted by Gasteiger charge is -2.25. The highest BCUT2D eigenvalue weighted by molar-refractivity contribution is 5.98. The summed E-state index contributed by atoms with van der Waals surface area (Å²) in [4.78, 5) is 30.8. The Morgan fingerprint density at radius 2 is 2.16 bits per heavy atom. The molecule has 0 saturated carbocycles. The molecule has 1 aliphatic heterocycles. The summed E-state index contributed by atoms with van der Waals surface area (Å²) in [5.74, 6) is 0.712. The molecule has 0 spiro atoms. The van der Waals surface area contributed by atoms with Gasteiger partial charge in [0.2, 0.25) is 23.5 Å². The van der Waals surface area contributed by atoms with Crippen molar-refractivity contribution in [3.63, 3.8) is 0 Å². The van der Waals surface area contributed by atoms with Crippen molar-refractivity contribution in [2.75, 3.05) is 11.9 Å². The van der Waals surface area contributed by atoms with Crippen molar-refractivity contribution >= 4 is 17.5 Å². The van der Waals surface area contributed by atoms with Crippen LogP contribution in [0.2, 0.25) is 0 Å². The number of nitrogens with zero attached hydrogens (tertiary/aromatic N) is 3. The number of amides is 2. The Bertz CT molecular complexity index is 784. The van der Waals surface area contributed by atoms with E-state index in [1.165, 1.54) is 0 Å². The summed E-state index contributed by atoms with van der Waals surface area (Å²) in [7, 11) is 0. The van der Waals surface area contributed by atoms with Gasteiger partial charge in [0.05, 0.1) is 0 Å². The molecular weight excluding hydrogens is 320 g/mol. The van der Waals surface area contributed by atoms with Crippen LogP contribution in [-0.4, -0.2) is 39.4 Å². The molecular formula is C18H22N4O3. The van der Waals surface area contributed by atoms with Crippen LogP contribution in [0, 0.1) is 12.8 Å². The number of hydrogen-bond donors (Lipinski definition) is 1. The molecule has 7 heteroatoms. The minimum Gasteiger partial charge on any atom is -0.339 e. The molecule has 1 unspecified atom stereocenters. The molecule has 1 fully saturated rings. The highest BCUT2D eigenvalue weighted by Gasteiger charge is 2.34. The third-order valence-corrected chi connectivity index (χ3v) is 4.25. The van der Waals surface area contributed by atoms with Crippen molar-refractivity contribution in [3.05, 3.63) is 30.2 Å². The second-order valence-electron chi connectivity index (χ2n) is 6.55. The molecule has 2 aromatic rings. The van der Waals surface area contributed by atoms with Crippen molar-refractivity contribution in [3.8, 4) is 11.4 Å². The number of nitrogens with one attached hydrogen (secondary N) is 1. The highest BCUT2D eigenvalue weighted by atomic mass is 16.5. The largest absolute Gasteiger partial charge is 0.339 e. The van der Waals surface area contributed by atoms with Crippen LogP contribution in [0.3, 0.4) is 0 Å². The number of carbonyl (C=O) groups excluding carboxylic acids is 2. The van der Waals surface area contributed by atoms with Gasteiger partial charge in [-0.25, -0.2) is 0 Å². The van der Waals surface area contributed by atoms with Gasteiger partial charge in [-0.2, -0.15) is 4.98 Å². The molecule has 1 aromatic carbocycles. The first-order valence-electron chi connectivity index (χ1n) is 8.48. The average molecular weight is 342 g/mol. The number of hydrogen-bond acceptors (Lipinski definition) is 5. The van der Waals surface area contributed by atoms with Gasteiger partial charge in [-0.3, -0.25) is 9.59 Å². The topological polar surface area (TPSA) is 88.3 Å². The minimum atomic E-state index is -0.411. The standard InChI is InChI=1S/C18H22N4O3/c1-11(2)18(24)22-9-5-8-15(22)17(23)20-14-7-4-6-13(10-14)16-19-12(3)25-21-16/h4,6-7,10-11,15H,5,8-9H2,1-3H3,(H,20,23). The lowest BCUT2D eigenvalue weighted by Crippen LogP contribution is -2.44. The van der Waals surface area contributed by atoms with Crippen molar-refractivity contribution in [1.82, 2.24) is 15.0 Å². The van der Waals surface area contributed by atoms with E-state index in [9.17, 15) is 9.59 Å². The number of carbonyl (C=O) groups is 2. The molecule has 1 N–H and O–H groups in total. The Balaban J connectivity index is 1.74. The third kappa shape index (κ3) is 3.70. The van der Waals surface area contributed by atoms with Gasteiger partial charge >= 0.3 is 0 Å². The number of rotatable bonds is 4. The van der Waals surface area contributed by atoms with Gasteiger partial charge in [-0.1, -0.05) is 31.1 Å². The Hall–Kier alpha value is -2.70. The summed E-state index contributed by atoms with van der Waals surface area (Å²) in [5.41, 5.74) is 1.41. The van der Waals surface area contributed by atoms with Gasteiger partial charge in [-0.15, -0.1) is 0 Å². The Morgan fingerprint density at radius 1 is 1.36 bits per heavy atom. The van der Waals surface area contributed by atoms with E-state index in [0.717, 1.165) is 12.0 Å². The van der Waals surface area contributed by atoms with Crippen LogP contribution >= 0.6 is 0 Å². The predicted octanol–water partition coefficient (Wildman–Crippen LogP) is 2.63. The lowest BCUT2D eigenvalue weighted by molar-refractivity contribution is -0.139. The van der Waals surface area contributed by atoms with E-state index < -0.39 is 6.04 Å². The molecule has 0 bridgehead atoms. The maximum Gasteiger partial charge on any atom is 0.247 e. The van der Waals surface area contributed by atoms with Crippen LogP contribution in [-0.2, 0) is 9.59 Å². The van der Waals surface area contributed by atoms with Crippen LogP contribution in [0.15, 0.2) is 28.8 Å². The molecule has 25 heavy (non-hydrogen) atoms. The zero-order valence-electron chi connectivity index (χ0n) is 14.7. The molecule has 0 aliphatic carbocycles. The van der Waals surface area contributed by atoms with Crippen molar-refractivity contribution in [2.24, 2.45) is 5.92 Å². The van der Waals surface area contributed by atoms with Gasteiger partial charge in [0.15, 0.2) is 0 Å². The molecule has 1 aliphatic rings. The maximum absolute atomic E-state index is 12.6. The van der Waals surface area contributed by atoms with E-state index in [1.54, 1.807) is 24.0 Å². The fourth-order valence-electron chi connectivity index (χ4n) is 3.01. The van der Waals surface area contributed by atoms with Gasteiger partial charge < -0.3 is 14.7 Å². The molecule has 132 valence electrons. The van der Waals surface area contributed by atoms with Crippen LogP contribution in [0.4, 0.5) is 5.69 Å². The number of aromatic nitrogens is 2. The zero-order valence-corrected chi connectivity index (χ0v) is 14.7. The fourth-order valence-corrected chi connectivity index (χ4v) is 3.01.